The third kappa shape index (κ3) is 5.25. The van der Waals surface area contributed by atoms with Gasteiger partial charge in [-0.1, -0.05) is 6.07 Å². The number of hydrogen-bond donors (Lipinski definition) is 0. The summed E-state index contributed by atoms with van der Waals surface area (Å²) >= 11 is 0. The van der Waals surface area contributed by atoms with Crippen molar-refractivity contribution in [3.05, 3.63) is 29.8 Å². The third-order valence-corrected chi connectivity index (χ3v) is 3.35. The minimum absolute atomic E-state index is 0.0829. The molecule has 0 saturated heterocycles. The van der Waals surface area contributed by atoms with E-state index in [1.165, 1.54) is 19.2 Å². The molecule has 28 heavy (non-hydrogen) atoms. The number of aromatic nitrogens is 1. The number of benzene rings is 1. The number of nitrogens with zero attached hydrogens (tertiary/aromatic N) is 1. The Labute approximate surface area is 163 Å². The van der Waals surface area contributed by atoms with Gasteiger partial charge >= 0.3 is 18.2 Å². The van der Waals surface area contributed by atoms with Crippen LogP contribution in [0.25, 0.3) is 10.9 Å². The number of carbonyl (C=O) groups is 3. The number of hydrogen-bond acceptors (Lipinski definition) is 7. The van der Waals surface area contributed by atoms with Crippen LogP contribution in [0.15, 0.2) is 24.3 Å². The molecule has 1 heterocycles. The van der Waals surface area contributed by atoms with Crippen molar-refractivity contribution >= 4 is 29.1 Å². The van der Waals surface area contributed by atoms with Gasteiger partial charge in [0.1, 0.15) is 11.2 Å². The summed E-state index contributed by atoms with van der Waals surface area (Å²) < 4.78 is 21.6. The minimum Gasteiger partial charge on any atom is -0.465 e. The fraction of sp³-hybridized carbons (Fsp3) is 0.450. The average Bonchev–Trinajstić information content (AvgIpc) is 2.87. The summed E-state index contributed by atoms with van der Waals surface area (Å²) in [5, 5.41) is 0.567. The van der Waals surface area contributed by atoms with Crippen molar-refractivity contribution in [1.29, 1.82) is 0 Å². The molecule has 0 aliphatic rings. The number of fused-ring (bicyclic) bond motifs is 1. The molecule has 0 bridgehead atoms. The van der Waals surface area contributed by atoms with E-state index in [4.69, 9.17) is 18.9 Å². The topological polar surface area (TPSA) is 93.1 Å². The largest absolute Gasteiger partial charge is 0.515 e. The van der Waals surface area contributed by atoms with Crippen LogP contribution in [0.1, 0.15) is 51.9 Å². The van der Waals surface area contributed by atoms with E-state index in [-0.39, 0.29) is 11.4 Å². The smallest absolute Gasteiger partial charge is 0.465 e. The monoisotopic (exact) mass is 391 g/mol. The quantitative estimate of drug-likeness (QED) is 0.548. The van der Waals surface area contributed by atoms with E-state index in [0.29, 0.717) is 10.9 Å². The molecule has 152 valence electrons. The lowest BCUT2D eigenvalue weighted by atomic mass is 10.1. The van der Waals surface area contributed by atoms with Crippen LogP contribution in [0.4, 0.5) is 9.59 Å². The van der Waals surface area contributed by atoms with E-state index < -0.39 is 29.4 Å². The lowest BCUT2D eigenvalue weighted by Crippen LogP contribution is -2.29. The van der Waals surface area contributed by atoms with Crippen LogP contribution in [0, 0.1) is 0 Å². The van der Waals surface area contributed by atoms with Gasteiger partial charge in [-0.2, -0.15) is 0 Å². The molecular formula is C20H25NO7. The summed E-state index contributed by atoms with van der Waals surface area (Å²) in [5.41, 5.74) is -0.980. The molecule has 0 N–H and O–H groups in total. The Morgan fingerprint density at radius 2 is 1.50 bits per heavy atom. The first-order valence-corrected chi connectivity index (χ1v) is 8.69. The second-order valence-corrected chi connectivity index (χ2v) is 8.13. The van der Waals surface area contributed by atoms with Crippen LogP contribution < -0.4 is 4.74 Å². The molecule has 0 fully saturated rings. The van der Waals surface area contributed by atoms with Gasteiger partial charge in [0.15, 0.2) is 0 Å². The number of ether oxygens (including phenoxy) is 4. The molecule has 0 saturated carbocycles. The van der Waals surface area contributed by atoms with E-state index in [2.05, 4.69) is 0 Å². The van der Waals surface area contributed by atoms with Crippen LogP contribution in [-0.2, 0) is 14.2 Å². The standard InChI is InChI=1S/C20H25NO7/c1-19(2,3)27-17(23)21-14-10-13(16(22)25-7)9-8-12(14)11-15(21)26-18(24)28-20(4,5)6/h8-11H,1-7H3. The zero-order valence-corrected chi connectivity index (χ0v) is 17.1. The van der Waals surface area contributed by atoms with Crippen molar-refractivity contribution in [1.82, 2.24) is 4.57 Å². The normalized spacial score (nSPS) is 11.8. The maximum Gasteiger partial charge on any atom is 0.515 e. The lowest BCUT2D eigenvalue weighted by molar-refractivity contribution is 0.0184. The molecule has 8 heteroatoms. The molecule has 2 aromatic rings. The Morgan fingerprint density at radius 3 is 2.04 bits per heavy atom. The summed E-state index contributed by atoms with van der Waals surface area (Å²) in [6.07, 6.45) is -1.73. The molecule has 1 aromatic heterocycles. The highest BCUT2D eigenvalue weighted by Gasteiger charge is 2.26. The first-order valence-electron chi connectivity index (χ1n) is 8.69. The Hall–Kier alpha value is -3.03. The number of carbonyl (C=O) groups excluding carboxylic acids is 3. The summed E-state index contributed by atoms with van der Waals surface area (Å²) in [5.74, 6) is -0.644. The summed E-state index contributed by atoms with van der Waals surface area (Å²) in [6.45, 7) is 10.2. The van der Waals surface area contributed by atoms with E-state index in [9.17, 15) is 14.4 Å². The summed E-state index contributed by atoms with van der Waals surface area (Å²) in [7, 11) is 1.26. The van der Waals surface area contributed by atoms with Gasteiger partial charge in [0.25, 0.3) is 0 Å². The van der Waals surface area contributed by atoms with Crippen molar-refractivity contribution in [2.24, 2.45) is 0 Å². The number of esters is 1. The fourth-order valence-electron chi connectivity index (χ4n) is 2.35. The Kier molecular flexibility index (Phi) is 5.72. The second-order valence-electron chi connectivity index (χ2n) is 8.13. The zero-order chi connectivity index (χ0) is 21.3. The van der Waals surface area contributed by atoms with E-state index >= 15 is 0 Å². The van der Waals surface area contributed by atoms with Gasteiger partial charge < -0.3 is 18.9 Å². The maximum atomic E-state index is 12.8. The van der Waals surface area contributed by atoms with Crippen LogP contribution in [0.2, 0.25) is 0 Å². The molecule has 0 amide bonds. The molecule has 0 spiro atoms. The van der Waals surface area contributed by atoms with Gasteiger partial charge in [-0.15, -0.1) is 0 Å². The molecule has 0 atom stereocenters. The lowest BCUT2D eigenvalue weighted by Gasteiger charge is -2.21. The molecule has 0 unspecified atom stereocenters. The minimum atomic E-state index is -0.965. The molecule has 0 aliphatic carbocycles. The highest BCUT2D eigenvalue weighted by atomic mass is 16.7. The van der Waals surface area contributed by atoms with Gasteiger partial charge in [-0.3, -0.25) is 0 Å². The average molecular weight is 391 g/mol. The van der Waals surface area contributed by atoms with Crippen LogP contribution >= 0.6 is 0 Å². The van der Waals surface area contributed by atoms with Crippen molar-refractivity contribution in [3.63, 3.8) is 0 Å². The van der Waals surface area contributed by atoms with Crippen LogP contribution in [0.5, 0.6) is 5.88 Å². The van der Waals surface area contributed by atoms with Gasteiger partial charge in [-0.05, 0) is 53.7 Å². The summed E-state index contributed by atoms with van der Waals surface area (Å²) in [6, 6.07) is 6.12. The van der Waals surface area contributed by atoms with Crippen molar-refractivity contribution in [2.75, 3.05) is 7.11 Å². The molecule has 1 aromatic carbocycles. The highest BCUT2D eigenvalue weighted by molar-refractivity contribution is 5.98. The highest BCUT2D eigenvalue weighted by Crippen LogP contribution is 2.29. The van der Waals surface area contributed by atoms with Gasteiger partial charge in [0, 0.05) is 11.5 Å². The molecule has 2 rings (SSSR count). The number of methoxy groups -OCH3 is 1. The van der Waals surface area contributed by atoms with E-state index in [1.54, 1.807) is 53.7 Å². The molecule has 0 aliphatic heterocycles. The predicted molar refractivity (Wildman–Crippen MR) is 102 cm³/mol. The molecule has 0 radical (unpaired) electrons. The van der Waals surface area contributed by atoms with Crippen LogP contribution in [-0.4, -0.2) is 41.1 Å². The van der Waals surface area contributed by atoms with E-state index in [1.807, 2.05) is 0 Å². The Bertz CT molecular complexity index is 913. The zero-order valence-electron chi connectivity index (χ0n) is 17.1. The first-order chi connectivity index (χ1) is 12.8. The number of rotatable bonds is 2. The maximum absolute atomic E-state index is 12.8. The molecule has 8 nitrogen and oxygen atoms in total. The van der Waals surface area contributed by atoms with E-state index in [0.717, 1.165) is 4.57 Å². The van der Waals surface area contributed by atoms with Crippen molar-refractivity contribution < 1.29 is 33.3 Å². The Balaban J connectivity index is 2.55. The summed E-state index contributed by atoms with van der Waals surface area (Å²) in [4.78, 5) is 36.7. The van der Waals surface area contributed by atoms with Gasteiger partial charge in [0.2, 0.25) is 5.88 Å². The van der Waals surface area contributed by atoms with Crippen molar-refractivity contribution in [2.45, 2.75) is 52.7 Å². The SMILES string of the molecule is COC(=O)c1ccc2cc(OC(=O)OC(C)(C)C)n(C(=O)OC(C)(C)C)c2c1. The molecular weight excluding hydrogens is 366 g/mol. The Morgan fingerprint density at radius 1 is 0.893 bits per heavy atom. The fourth-order valence-corrected chi connectivity index (χ4v) is 2.35. The van der Waals surface area contributed by atoms with Gasteiger partial charge in [-0.25, -0.2) is 19.0 Å². The van der Waals surface area contributed by atoms with Crippen LogP contribution in [0.3, 0.4) is 0 Å². The van der Waals surface area contributed by atoms with Gasteiger partial charge in [0.05, 0.1) is 18.2 Å². The second kappa shape index (κ2) is 7.53. The first kappa shape index (κ1) is 21.3. The van der Waals surface area contributed by atoms with Crippen molar-refractivity contribution in [3.8, 4) is 5.88 Å². The predicted octanol–water partition coefficient (Wildman–Crippen LogP) is 4.53. The third-order valence-electron chi connectivity index (χ3n) is 3.35.